The molecule has 0 amide bonds. The fourth-order valence-electron chi connectivity index (χ4n) is 4.98. The number of ether oxygens (including phenoxy) is 2. The van der Waals surface area contributed by atoms with Crippen molar-refractivity contribution in [2.75, 3.05) is 0 Å². The second kappa shape index (κ2) is 10.5. The second-order valence-electron chi connectivity index (χ2n) is 10.4. The molecule has 7 nitrogen and oxygen atoms in total. The van der Waals surface area contributed by atoms with E-state index in [2.05, 4.69) is 11.7 Å². The van der Waals surface area contributed by atoms with Gasteiger partial charge >= 0.3 is 18.2 Å². The van der Waals surface area contributed by atoms with Gasteiger partial charge in [-0.25, -0.2) is 4.79 Å². The van der Waals surface area contributed by atoms with Crippen LogP contribution in [0.1, 0.15) is 37.3 Å². The van der Waals surface area contributed by atoms with Crippen LogP contribution in [0.2, 0.25) is 0 Å². The van der Waals surface area contributed by atoms with Crippen LogP contribution in [0.5, 0.6) is 17.2 Å². The van der Waals surface area contributed by atoms with Crippen molar-refractivity contribution in [2.45, 2.75) is 63.7 Å². The summed E-state index contributed by atoms with van der Waals surface area (Å²) in [6.45, 7) is 2.39. The predicted octanol–water partition coefficient (Wildman–Crippen LogP) is 6.78. The molecule has 4 aromatic rings. The number of aliphatic hydroxyl groups is 1. The molecule has 2 N–H and O–H groups in total. The number of halogens is 6. The molecule has 1 saturated carbocycles. The Balaban J connectivity index is 1.55. The molecule has 1 aliphatic rings. The number of H-pyrrole nitrogens is 1. The normalized spacial score (nSPS) is 15.8. The summed E-state index contributed by atoms with van der Waals surface area (Å²) in [6, 6.07) is 10.7. The van der Waals surface area contributed by atoms with Crippen molar-refractivity contribution >= 4 is 21.6 Å². The molecule has 0 aliphatic heterocycles. The summed E-state index contributed by atoms with van der Waals surface area (Å²) in [5, 5.41) is 9.41. The second-order valence-corrected chi connectivity index (χ2v) is 11.4. The maximum atomic E-state index is 13.4. The highest BCUT2D eigenvalue weighted by atomic mass is 32.1. The summed E-state index contributed by atoms with van der Waals surface area (Å²) in [6.07, 6.45) is -9.81. The van der Waals surface area contributed by atoms with Crippen molar-refractivity contribution in [3.05, 3.63) is 74.4 Å². The number of hydrogen-bond donors (Lipinski definition) is 2. The van der Waals surface area contributed by atoms with Crippen LogP contribution < -0.4 is 20.7 Å². The molecule has 2 aromatic heterocycles. The van der Waals surface area contributed by atoms with Gasteiger partial charge in [-0.3, -0.25) is 14.3 Å². The van der Waals surface area contributed by atoms with Crippen LogP contribution in [-0.4, -0.2) is 33.3 Å². The van der Waals surface area contributed by atoms with E-state index in [1.807, 2.05) is 17.1 Å². The first-order valence-corrected chi connectivity index (χ1v) is 13.6. The van der Waals surface area contributed by atoms with Gasteiger partial charge in [0.2, 0.25) is 0 Å². The predicted molar refractivity (Wildman–Crippen MR) is 143 cm³/mol. The molecule has 14 heteroatoms. The Kier molecular flexibility index (Phi) is 7.42. The monoisotopic (exact) mass is 614 g/mol. The van der Waals surface area contributed by atoms with Gasteiger partial charge in [0.1, 0.15) is 10.6 Å². The molecule has 0 saturated heterocycles. The Labute approximate surface area is 237 Å². The maximum Gasteiger partial charge on any atom is 0.573 e. The number of thiophene rings is 1. The van der Waals surface area contributed by atoms with E-state index < -0.39 is 42.2 Å². The fourth-order valence-corrected chi connectivity index (χ4v) is 6.29. The standard InChI is InChI=1S/C28H24F6N2O5S/c1-14-21-23(38)35-25(39)36(13-20(37)27(29,30)31)24(21)42-22(14)15-4-9-18(19(12-15)41-28(32,33)34)40-17-7-5-16(6-8-17)26(2)10-3-11-26/h4-9,12,20,37H,3,10-11,13H2,1-2H3,(H,35,38,39)/t20-/m1/s1. The van der Waals surface area contributed by atoms with Crippen molar-refractivity contribution in [3.8, 4) is 27.7 Å². The van der Waals surface area contributed by atoms with E-state index in [9.17, 15) is 41.0 Å². The molecule has 2 aromatic carbocycles. The number of rotatable bonds is 7. The van der Waals surface area contributed by atoms with E-state index in [1.54, 1.807) is 12.1 Å². The molecule has 0 radical (unpaired) electrons. The highest BCUT2D eigenvalue weighted by Gasteiger charge is 2.39. The van der Waals surface area contributed by atoms with Crippen molar-refractivity contribution in [2.24, 2.45) is 0 Å². The fraction of sp³-hybridized carbons (Fsp3) is 0.357. The van der Waals surface area contributed by atoms with Crippen molar-refractivity contribution in [1.29, 1.82) is 0 Å². The molecule has 0 spiro atoms. The van der Waals surface area contributed by atoms with Gasteiger partial charge in [-0.1, -0.05) is 25.5 Å². The molecular formula is C28H24F6N2O5S. The number of aliphatic hydroxyl groups excluding tert-OH is 1. The molecule has 2 heterocycles. The third-order valence-electron chi connectivity index (χ3n) is 7.47. The number of fused-ring (bicyclic) bond motifs is 1. The van der Waals surface area contributed by atoms with Crippen LogP contribution in [0.4, 0.5) is 26.3 Å². The molecule has 224 valence electrons. The highest BCUT2D eigenvalue weighted by molar-refractivity contribution is 7.22. The largest absolute Gasteiger partial charge is 0.573 e. The maximum absolute atomic E-state index is 13.4. The Bertz CT molecular complexity index is 1750. The van der Waals surface area contributed by atoms with Crippen LogP contribution in [0.3, 0.4) is 0 Å². The average molecular weight is 615 g/mol. The smallest absolute Gasteiger partial charge is 0.453 e. The number of nitrogens with zero attached hydrogens (tertiary/aromatic N) is 1. The first kappa shape index (κ1) is 29.7. The number of aromatic amines is 1. The van der Waals surface area contributed by atoms with Crippen LogP contribution in [0, 0.1) is 6.92 Å². The quantitative estimate of drug-likeness (QED) is 0.224. The number of benzene rings is 2. The van der Waals surface area contributed by atoms with Gasteiger partial charge in [-0.15, -0.1) is 24.5 Å². The van der Waals surface area contributed by atoms with Crippen LogP contribution >= 0.6 is 11.3 Å². The third kappa shape index (κ3) is 5.77. The molecule has 1 aliphatic carbocycles. The molecule has 42 heavy (non-hydrogen) atoms. The lowest BCUT2D eigenvalue weighted by Gasteiger charge is -2.39. The number of nitrogens with one attached hydrogen (secondary N) is 1. The zero-order valence-corrected chi connectivity index (χ0v) is 23.0. The van der Waals surface area contributed by atoms with Crippen LogP contribution in [0.15, 0.2) is 52.1 Å². The van der Waals surface area contributed by atoms with E-state index in [0.29, 0.717) is 4.57 Å². The number of hydrogen-bond acceptors (Lipinski definition) is 6. The molecule has 0 unspecified atom stereocenters. The Hall–Kier alpha value is -3.78. The summed E-state index contributed by atoms with van der Waals surface area (Å²) in [4.78, 5) is 26.9. The van der Waals surface area contributed by atoms with Gasteiger partial charge in [0, 0.05) is 4.88 Å². The first-order chi connectivity index (χ1) is 19.6. The van der Waals surface area contributed by atoms with E-state index in [1.165, 1.54) is 19.1 Å². The SMILES string of the molecule is Cc1c(-c2ccc(Oc3ccc(C4(C)CCC4)cc3)c(OC(F)(F)F)c2)sc2c1c(=O)[nH]c(=O)n2C[C@@H](O)C(F)(F)F. The highest BCUT2D eigenvalue weighted by Crippen LogP contribution is 2.45. The lowest BCUT2D eigenvalue weighted by Crippen LogP contribution is -2.38. The van der Waals surface area contributed by atoms with E-state index in [-0.39, 0.29) is 43.1 Å². The molecule has 5 rings (SSSR count). The van der Waals surface area contributed by atoms with Gasteiger partial charge < -0.3 is 14.6 Å². The Morgan fingerprint density at radius 3 is 2.29 bits per heavy atom. The molecule has 0 bridgehead atoms. The minimum absolute atomic E-state index is 0.0599. The lowest BCUT2D eigenvalue weighted by atomic mass is 9.66. The molecule has 1 fully saturated rings. The average Bonchev–Trinajstić information content (AvgIpc) is 3.22. The summed E-state index contributed by atoms with van der Waals surface area (Å²) < 4.78 is 89.7. The van der Waals surface area contributed by atoms with Crippen molar-refractivity contribution in [1.82, 2.24) is 9.55 Å². The van der Waals surface area contributed by atoms with Crippen molar-refractivity contribution in [3.63, 3.8) is 0 Å². The minimum atomic E-state index is -5.08. The van der Waals surface area contributed by atoms with E-state index >= 15 is 0 Å². The topological polar surface area (TPSA) is 93.5 Å². The van der Waals surface area contributed by atoms with Gasteiger partial charge in [0.25, 0.3) is 5.56 Å². The van der Waals surface area contributed by atoms with Gasteiger partial charge in [-0.2, -0.15) is 13.2 Å². The molecular weight excluding hydrogens is 590 g/mol. The van der Waals surface area contributed by atoms with E-state index in [4.69, 9.17) is 4.74 Å². The zero-order valence-electron chi connectivity index (χ0n) is 22.2. The Morgan fingerprint density at radius 2 is 1.71 bits per heavy atom. The summed E-state index contributed by atoms with van der Waals surface area (Å²) in [5.41, 5.74) is -0.574. The van der Waals surface area contributed by atoms with Crippen molar-refractivity contribution < 1.29 is 40.9 Å². The van der Waals surface area contributed by atoms with E-state index in [0.717, 1.165) is 42.2 Å². The number of aromatic nitrogens is 2. The first-order valence-electron chi connectivity index (χ1n) is 12.8. The third-order valence-corrected chi connectivity index (χ3v) is 8.83. The summed E-state index contributed by atoms with van der Waals surface area (Å²) in [5.74, 6) is -0.663. The number of alkyl halides is 6. The van der Waals surface area contributed by atoms with Gasteiger partial charge in [-0.05, 0) is 72.2 Å². The number of aryl methyl sites for hydroxylation is 1. The van der Waals surface area contributed by atoms with Gasteiger partial charge in [0.15, 0.2) is 17.6 Å². The summed E-state index contributed by atoms with van der Waals surface area (Å²) >= 11 is 0.719. The zero-order chi connectivity index (χ0) is 30.6. The van der Waals surface area contributed by atoms with Gasteiger partial charge in [0.05, 0.1) is 11.9 Å². The van der Waals surface area contributed by atoms with Crippen LogP contribution in [-0.2, 0) is 12.0 Å². The minimum Gasteiger partial charge on any atom is -0.453 e. The lowest BCUT2D eigenvalue weighted by molar-refractivity contribution is -0.275. The van der Waals surface area contributed by atoms with Crippen LogP contribution in [0.25, 0.3) is 20.7 Å². The summed E-state index contributed by atoms with van der Waals surface area (Å²) in [7, 11) is 0. The Morgan fingerprint density at radius 1 is 1.05 bits per heavy atom. The molecule has 1 atom stereocenters.